The van der Waals surface area contributed by atoms with Gasteiger partial charge in [-0.05, 0) is 46.0 Å². The van der Waals surface area contributed by atoms with E-state index in [0.29, 0.717) is 12.0 Å². The zero-order valence-corrected chi connectivity index (χ0v) is 9.31. The van der Waals surface area contributed by atoms with Crippen LogP contribution in [0.2, 0.25) is 0 Å². The van der Waals surface area contributed by atoms with Gasteiger partial charge < -0.3 is 5.11 Å². The fourth-order valence-electron chi connectivity index (χ4n) is 1.16. The number of aliphatic hydroxyl groups excluding tert-OH is 1. The van der Waals surface area contributed by atoms with Gasteiger partial charge in [0.1, 0.15) is 11.6 Å². The average molecular weight is 265 g/mol. The molecule has 1 nitrogen and oxygen atoms in total. The molecule has 1 unspecified atom stereocenters. The van der Waals surface area contributed by atoms with Gasteiger partial charge in [0.05, 0.1) is 4.47 Å². The third kappa shape index (κ3) is 2.75. The molecule has 0 fully saturated rings. The molecule has 14 heavy (non-hydrogen) atoms. The first-order valence-electron chi connectivity index (χ1n) is 4.29. The first kappa shape index (κ1) is 11.6. The van der Waals surface area contributed by atoms with Crippen LogP contribution in [-0.2, 0) is 6.42 Å². The van der Waals surface area contributed by atoms with E-state index in [4.69, 9.17) is 5.11 Å². The Morgan fingerprint density at radius 2 is 2.00 bits per heavy atom. The van der Waals surface area contributed by atoms with Crippen LogP contribution in [0.1, 0.15) is 12.5 Å². The number of aliphatic hydroxyl groups is 1. The van der Waals surface area contributed by atoms with Crippen molar-refractivity contribution >= 4 is 15.9 Å². The molecule has 0 saturated heterocycles. The molecule has 4 heteroatoms. The van der Waals surface area contributed by atoms with Crippen molar-refractivity contribution in [1.82, 2.24) is 0 Å². The van der Waals surface area contributed by atoms with Gasteiger partial charge in [-0.2, -0.15) is 0 Å². The average Bonchev–Trinajstić information content (AvgIpc) is 2.14. The van der Waals surface area contributed by atoms with Gasteiger partial charge in [-0.3, -0.25) is 0 Å². The minimum absolute atomic E-state index is 0.0306. The van der Waals surface area contributed by atoms with Crippen molar-refractivity contribution in [3.63, 3.8) is 0 Å². The summed E-state index contributed by atoms with van der Waals surface area (Å²) in [6.45, 7) is 1.75. The van der Waals surface area contributed by atoms with Crippen molar-refractivity contribution < 1.29 is 13.9 Å². The first-order chi connectivity index (χ1) is 6.54. The topological polar surface area (TPSA) is 20.2 Å². The lowest BCUT2D eigenvalue weighted by molar-refractivity contribution is 0.236. The maximum absolute atomic E-state index is 13.2. The standard InChI is InChI=1S/C10H11BrF2O/c1-6(5-14)2-7-3-10(13)8(11)4-9(7)12/h3-4,6,14H,2,5H2,1H3. The van der Waals surface area contributed by atoms with E-state index in [1.165, 1.54) is 0 Å². The number of hydrogen-bond donors (Lipinski definition) is 1. The van der Waals surface area contributed by atoms with Crippen LogP contribution < -0.4 is 0 Å². The van der Waals surface area contributed by atoms with Crippen LogP contribution in [0.3, 0.4) is 0 Å². The number of hydrogen-bond acceptors (Lipinski definition) is 1. The third-order valence-electron chi connectivity index (χ3n) is 1.97. The number of rotatable bonds is 3. The van der Waals surface area contributed by atoms with E-state index < -0.39 is 11.6 Å². The third-order valence-corrected chi connectivity index (χ3v) is 2.58. The lowest BCUT2D eigenvalue weighted by atomic mass is 10.0. The van der Waals surface area contributed by atoms with Crippen LogP contribution in [-0.4, -0.2) is 11.7 Å². The monoisotopic (exact) mass is 264 g/mol. The smallest absolute Gasteiger partial charge is 0.137 e. The van der Waals surface area contributed by atoms with Crippen LogP contribution >= 0.6 is 15.9 Å². The highest BCUT2D eigenvalue weighted by molar-refractivity contribution is 9.10. The Balaban J connectivity index is 2.92. The summed E-state index contributed by atoms with van der Waals surface area (Å²) in [4.78, 5) is 0. The fourth-order valence-corrected chi connectivity index (χ4v) is 1.48. The largest absolute Gasteiger partial charge is 0.396 e. The molecule has 0 aliphatic rings. The maximum atomic E-state index is 13.2. The SMILES string of the molecule is CC(CO)Cc1cc(F)c(Br)cc1F. The highest BCUT2D eigenvalue weighted by atomic mass is 79.9. The van der Waals surface area contributed by atoms with E-state index in [-0.39, 0.29) is 17.0 Å². The molecule has 0 bridgehead atoms. The van der Waals surface area contributed by atoms with Gasteiger partial charge >= 0.3 is 0 Å². The van der Waals surface area contributed by atoms with Gasteiger partial charge in [0.25, 0.3) is 0 Å². The Morgan fingerprint density at radius 1 is 1.36 bits per heavy atom. The molecule has 1 atom stereocenters. The summed E-state index contributed by atoms with van der Waals surface area (Å²) in [6, 6.07) is 2.26. The minimum Gasteiger partial charge on any atom is -0.396 e. The predicted molar refractivity (Wildman–Crippen MR) is 54.0 cm³/mol. The predicted octanol–water partition coefficient (Wildman–Crippen LogP) is 2.90. The quantitative estimate of drug-likeness (QED) is 0.833. The second kappa shape index (κ2) is 4.84. The molecule has 0 aromatic heterocycles. The zero-order chi connectivity index (χ0) is 10.7. The Morgan fingerprint density at radius 3 is 2.57 bits per heavy atom. The summed E-state index contributed by atoms with van der Waals surface area (Å²) in [5.41, 5.74) is 0.298. The van der Waals surface area contributed by atoms with E-state index in [0.717, 1.165) is 12.1 Å². The van der Waals surface area contributed by atoms with Crippen LogP contribution in [0.25, 0.3) is 0 Å². The van der Waals surface area contributed by atoms with Gasteiger partial charge in [0.15, 0.2) is 0 Å². The summed E-state index contributed by atoms with van der Waals surface area (Å²) in [5.74, 6) is -0.991. The number of benzene rings is 1. The van der Waals surface area contributed by atoms with Gasteiger partial charge in [-0.15, -0.1) is 0 Å². The van der Waals surface area contributed by atoms with E-state index in [9.17, 15) is 8.78 Å². The van der Waals surface area contributed by atoms with Crippen molar-refractivity contribution in [3.05, 3.63) is 33.8 Å². The molecule has 0 spiro atoms. The van der Waals surface area contributed by atoms with Crippen molar-refractivity contribution in [2.75, 3.05) is 6.61 Å². The normalized spacial score (nSPS) is 12.9. The molecule has 0 radical (unpaired) electrons. The molecule has 78 valence electrons. The van der Waals surface area contributed by atoms with Crippen LogP contribution in [0.5, 0.6) is 0 Å². The van der Waals surface area contributed by atoms with Gasteiger partial charge in [-0.25, -0.2) is 8.78 Å². The molecule has 1 rings (SSSR count). The lowest BCUT2D eigenvalue weighted by Crippen LogP contribution is -2.06. The van der Waals surface area contributed by atoms with E-state index in [1.807, 2.05) is 0 Å². The van der Waals surface area contributed by atoms with Gasteiger partial charge in [0.2, 0.25) is 0 Å². The van der Waals surface area contributed by atoms with Gasteiger partial charge in [0, 0.05) is 6.61 Å². The highest BCUT2D eigenvalue weighted by Crippen LogP contribution is 2.21. The maximum Gasteiger partial charge on any atom is 0.137 e. The molecule has 0 amide bonds. The van der Waals surface area contributed by atoms with Crippen LogP contribution in [0.15, 0.2) is 16.6 Å². The fraction of sp³-hybridized carbons (Fsp3) is 0.400. The van der Waals surface area contributed by atoms with Crippen molar-refractivity contribution in [1.29, 1.82) is 0 Å². The molecule has 1 aromatic carbocycles. The number of halogens is 3. The molecule has 0 saturated carbocycles. The molecule has 0 aliphatic carbocycles. The molecular weight excluding hydrogens is 254 g/mol. The van der Waals surface area contributed by atoms with Crippen LogP contribution in [0, 0.1) is 17.6 Å². The minimum atomic E-state index is -0.480. The van der Waals surface area contributed by atoms with E-state index in [1.54, 1.807) is 6.92 Å². The van der Waals surface area contributed by atoms with Crippen LogP contribution in [0.4, 0.5) is 8.78 Å². The van der Waals surface area contributed by atoms with Crippen molar-refractivity contribution in [2.24, 2.45) is 5.92 Å². The lowest BCUT2D eigenvalue weighted by Gasteiger charge is -2.09. The van der Waals surface area contributed by atoms with Gasteiger partial charge in [-0.1, -0.05) is 6.92 Å². The van der Waals surface area contributed by atoms with Crippen molar-refractivity contribution in [2.45, 2.75) is 13.3 Å². The summed E-state index contributed by atoms with van der Waals surface area (Å²) >= 11 is 2.90. The van der Waals surface area contributed by atoms with E-state index >= 15 is 0 Å². The highest BCUT2D eigenvalue weighted by Gasteiger charge is 2.10. The summed E-state index contributed by atoms with van der Waals surface area (Å²) < 4.78 is 26.4. The summed E-state index contributed by atoms with van der Waals surface area (Å²) in [7, 11) is 0. The molecule has 0 aliphatic heterocycles. The Labute approximate surface area is 89.9 Å². The molecule has 1 aromatic rings. The molecule has 0 heterocycles. The first-order valence-corrected chi connectivity index (χ1v) is 5.08. The second-order valence-electron chi connectivity index (χ2n) is 3.35. The zero-order valence-electron chi connectivity index (χ0n) is 7.73. The second-order valence-corrected chi connectivity index (χ2v) is 4.20. The molecular formula is C10H11BrF2O. The summed E-state index contributed by atoms with van der Waals surface area (Å²) in [6.07, 6.45) is 0.340. The summed E-state index contributed by atoms with van der Waals surface area (Å²) in [5, 5.41) is 8.79. The Hall–Kier alpha value is -0.480. The van der Waals surface area contributed by atoms with Crippen molar-refractivity contribution in [3.8, 4) is 0 Å². The van der Waals surface area contributed by atoms with E-state index in [2.05, 4.69) is 15.9 Å². The Bertz CT molecular complexity index is 328. The molecule has 1 N–H and O–H groups in total. The Kier molecular flexibility index (Phi) is 4.01.